The molecule has 0 N–H and O–H groups in total. The summed E-state index contributed by atoms with van der Waals surface area (Å²) in [4.78, 5) is 0. The minimum atomic E-state index is -1.88. The van der Waals surface area contributed by atoms with Crippen LogP contribution in [0.1, 0.15) is 5.56 Å². The van der Waals surface area contributed by atoms with Crippen LogP contribution >= 0.6 is 7.26 Å². The molecule has 0 saturated carbocycles. The van der Waals surface area contributed by atoms with E-state index >= 15 is 0 Å². The van der Waals surface area contributed by atoms with Crippen LogP contribution in [0.4, 0.5) is 0 Å². The van der Waals surface area contributed by atoms with Gasteiger partial charge in [0.25, 0.3) is 0 Å². The molecule has 0 aliphatic carbocycles. The summed E-state index contributed by atoms with van der Waals surface area (Å²) in [6.07, 6.45) is 1.01. The van der Waals surface area contributed by atoms with Crippen LogP contribution in [0.25, 0.3) is 10.8 Å². The van der Waals surface area contributed by atoms with Gasteiger partial charge in [-0.1, -0.05) is 97.1 Å². The van der Waals surface area contributed by atoms with E-state index in [0.29, 0.717) is 0 Å². The van der Waals surface area contributed by atoms with Crippen LogP contribution in [-0.4, -0.2) is 0 Å². The Morgan fingerprint density at radius 1 is 0.400 bits per heavy atom. The molecule has 1 heteroatoms. The summed E-state index contributed by atoms with van der Waals surface area (Å²) in [6.45, 7) is 0. The summed E-state index contributed by atoms with van der Waals surface area (Å²) < 4.78 is 0. The molecule has 0 amide bonds. The van der Waals surface area contributed by atoms with Crippen molar-refractivity contribution in [2.75, 3.05) is 0 Å². The molecule has 0 fully saturated rings. The molecule has 5 rings (SSSR count). The molecular formula is C29H24P+. The van der Waals surface area contributed by atoms with Gasteiger partial charge in [0.15, 0.2) is 0 Å². The minimum absolute atomic E-state index is 1.01. The molecule has 0 heterocycles. The average molecular weight is 403 g/mol. The van der Waals surface area contributed by atoms with Crippen molar-refractivity contribution in [2.45, 2.75) is 6.16 Å². The molecule has 0 atom stereocenters. The van der Waals surface area contributed by atoms with Crippen LogP contribution in [0.5, 0.6) is 0 Å². The third kappa shape index (κ3) is 3.45. The van der Waals surface area contributed by atoms with Gasteiger partial charge in [-0.3, -0.25) is 0 Å². The molecule has 0 aliphatic heterocycles. The first-order chi connectivity index (χ1) is 14.9. The van der Waals surface area contributed by atoms with Gasteiger partial charge in [0.1, 0.15) is 23.2 Å². The highest BCUT2D eigenvalue weighted by Gasteiger charge is 2.45. The third-order valence-electron chi connectivity index (χ3n) is 5.83. The second-order valence-electron chi connectivity index (χ2n) is 7.66. The molecule has 0 aliphatic rings. The van der Waals surface area contributed by atoms with Gasteiger partial charge in [0, 0.05) is 0 Å². The monoisotopic (exact) mass is 403 g/mol. The normalized spacial score (nSPS) is 11.5. The fraction of sp³-hybridized carbons (Fsp3) is 0.0345. The van der Waals surface area contributed by atoms with Gasteiger partial charge in [-0.25, -0.2) is 0 Å². The molecule has 5 aromatic rings. The summed E-state index contributed by atoms with van der Waals surface area (Å²) in [5, 5.41) is 6.88. The van der Waals surface area contributed by atoms with Crippen LogP contribution in [-0.2, 0) is 6.16 Å². The predicted molar refractivity (Wildman–Crippen MR) is 133 cm³/mol. The molecule has 144 valence electrons. The standard InChI is InChI=1S/C29H24P/c1-4-12-24(13-5-1)23-30(27-16-6-2-7-17-27,28-18-8-3-9-19-28)29-21-20-25-14-10-11-15-26(25)22-29/h1-22H,23H2/q+1. The van der Waals surface area contributed by atoms with Crippen LogP contribution < -0.4 is 15.9 Å². The Morgan fingerprint density at radius 3 is 1.50 bits per heavy atom. The lowest BCUT2D eigenvalue weighted by Crippen LogP contribution is -2.32. The molecule has 0 bridgehead atoms. The van der Waals surface area contributed by atoms with Gasteiger partial charge in [-0.05, 0) is 52.7 Å². The summed E-state index contributed by atoms with van der Waals surface area (Å²) in [5.41, 5.74) is 1.38. The molecule has 0 nitrogen and oxygen atoms in total. The van der Waals surface area contributed by atoms with Gasteiger partial charge in [0.05, 0.1) is 6.16 Å². The van der Waals surface area contributed by atoms with Gasteiger partial charge >= 0.3 is 0 Å². The van der Waals surface area contributed by atoms with Crippen molar-refractivity contribution in [3.05, 3.63) is 139 Å². The quantitative estimate of drug-likeness (QED) is 0.301. The maximum atomic E-state index is 2.42. The molecule has 30 heavy (non-hydrogen) atoms. The molecule has 0 spiro atoms. The summed E-state index contributed by atoms with van der Waals surface area (Å²) >= 11 is 0. The maximum Gasteiger partial charge on any atom is 0.116 e. The van der Waals surface area contributed by atoms with E-state index < -0.39 is 7.26 Å². The van der Waals surface area contributed by atoms with E-state index in [1.807, 2.05) is 0 Å². The highest BCUT2D eigenvalue weighted by molar-refractivity contribution is 7.95. The first-order valence-corrected chi connectivity index (χ1v) is 12.4. The smallest absolute Gasteiger partial charge is 0.0622 e. The van der Waals surface area contributed by atoms with Crippen molar-refractivity contribution in [1.29, 1.82) is 0 Å². The van der Waals surface area contributed by atoms with E-state index in [-0.39, 0.29) is 0 Å². The molecule has 0 aromatic heterocycles. The number of benzene rings is 5. The van der Waals surface area contributed by atoms with Crippen LogP contribution in [0.2, 0.25) is 0 Å². The summed E-state index contributed by atoms with van der Waals surface area (Å²) in [5.74, 6) is 0. The predicted octanol–water partition coefficient (Wildman–Crippen LogP) is 6.33. The molecular weight excluding hydrogens is 379 g/mol. The lowest BCUT2D eigenvalue weighted by Gasteiger charge is -2.28. The minimum Gasteiger partial charge on any atom is -0.0622 e. The van der Waals surface area contributed by atoms with E-state index in [9.17, 15) is 0 Å². The number of hydrogen-bond donors (Lipinski definition) is 0. The SMILES string of the molecule is c1ccc(C[P+](c2ccccc2)(c2ccccc2)c2ccc3ccccc3c2)cc1. The Balaban J connectivity index is 1.82. The Kier molecular flexibility index (Phi) is 5.18. The van der Waals surface area contributed by atoms with Gasteiger partial charge in [-0.15, -0.1) is 0 Å². The molecule has 0 saturated heterocycles. The Hall–Kier alpha value is -3.21. The van der Waals surface area contributed by atoms with Crippen molar-refractivity contribution < 1.29 is 0 Å². The first-order valence-electron chi connectivity index (χ1n) is 10.4. The highest BCUT2D eigenvalue weighted by atomic mass is 31.2. The van der Waals surface area contributed by atoms with E-state index in [1.165, 1.54) is 32.2 Å². The van der Waals surface area contributed by atoms with Gasteiger partial charge in [-0.2, -0.15) is 0 Å². The van der Waals surface area contributed by atoms with E-state index in [4.69, 9.17) is 0 Å². The lowest BCUT2D eigenvalue weighted by molar-refractivity contribution is 1.39. The van der Waals surface area contributed by atoms with Crippen LogP contribution in [0, 0.1) is 0 Å². The topological polar surface area (TPSA) is 0 Å². The number of fused-ring (bicyclic) bond motifs is 1. The largest absolute Gasteiger partial charge is 0.116 e. The zero-order valence-electron chi connectivity index (χ0n) is 16.9. The van der Waals surface area contributed by atoms with Crippen LogP contribution in [0.3, 0.4) is 0 Å². The number of hydrogen-bond acceptors (Lipinski definition) is 0. The van der Waals surface area contributed by atoms with Crippen molar-refractivity contribution in [3.63, 3.8) is 0 Å². The maximum absolute atomic E-state index is 2.42. The van der Waals surface area contributed by atoms with E-state index in [0.717, 1.165) is 6.16 Å². The molecule has 0 unspecified atom stereocenters. The Labute approximate surface area is 179 Å². The van der Waals surface area contributed by atoms with Crippen LogP contribution in [0.15, 0.2) is 133 Å². The second-order valence-corrected chi connectivity index (χ2v) is 11.1. The van der Waals surface area contributed by atoms with Crippen molar-refractivity contribution >= 4 is 33.9 Å². The zero-order chi connectivity index (χ0) is 20.2. The van der Waals surface area contributed by atoms with Gasteiger partial charge in [0.2, 0.25) is 0 Å². The average Bonchev–Trinajstić information content (AvgIpc) is 2.84. The van der Waals surface area contributed by atoms with Crippen molar-refractivity contribution in [3.8, 4) is 0 Å². The fourth-order valence-corrected chi connectivity index (χ4v) is 8.61. The zero-order valence-corrected chi connectivity index (χ0v) is 17.8. The van der Waals surface area contributed by atoms with Gasteiger partial charge < -0.3 is 0 Å². The van der Waals surface area contributed by atoms with E-state index in [2.05, 4.69) is 133 Å². The summed E-state index contributed by atoms with van der Waals surface area (Å²) in [6, 6.07) is 48.9. The number of rotatable bonds is 5. The molecule has 5 aromatic carbocycles. The van der Waals surface area contributed by atoms with E-state index in [1.54, 1.807) is 0 Å². The third-order valence-corrected chi connectivity index (χ3v) is 10.2. The second kappa shape index (κ2) is 8.27. The van der Waals surface area contributed by atoms with Crippen molar-refractivity contribution in [2.24, 2.45) is 0 Å². The Morgan fingerprint density at radius 2 is 0.900 bits per heavy atom. The van der Waals surface area contributed by atoms with Crippen molar-refractivity contribution in [1.82, 2.24) is 0 Å². The molecule has 0 radical (unpaired) electrons. The lowest BCUT2D eigenvalue weighted by atomic mass is 10.1. The Bertz CT molecular complexity index is 1210. The highest BCUT2D eigenvalue weighted by Crippen LogP contribution is 2.58. The fourth-order valence-electron chi connectivity index (χ4n) is 4.36. The first kappa shape index (κ1) is 18.8. The summed E-state index contributed by atoms with van der Waals surface area (Å²) in [7, 11) is -1.88.